The lowest BCUT2D eigenvalue weighted by Gasteiger charge is -2.18. The van der Waals surface area contributed by atoms with Gasteiger partial charge in [-0.1, -0.05) is 29.8 Å². The number of hydrogen-bond donors (Lipinski definition) is 2. The van der Waals surface area contributed by atoms with Gasteiger partial charge in [0.25, 0.3) is 0 Å². The van der Waals surface area contributed by atoms with Crippen LogP contribution in [0.4, 0.5) is 23.1 Å². The Morgan fingerprint density at radius 1 is 1.08 bits per heavy atom. The zero-order chi connectivity index (χ0) is 25.7. The van der Waals surface area contributed by atoms with Gasteiger partial charge < -0.3 is 20.3 Å². The number of fused-ring (bicyclic) bond motifs is 1. The Labute approximate surface area is 218 Å². The molecular formula is C26H32ClN5O3S. The molecule has 2 aromatic carbocycles. The van der Waals surface area contributed by atoms with Crippen LogP contribution in [0.3, 0.4) is 0 Å². The zero-order valence-electron chi connectivity index (χ0n) is 20.8. The molecule has 8 nitrogen and oxygen atoms in total. The van der Waals surface area contributed by atoms with Gasteiger partial charge in [0.15, 0.2) is 15.7 Å². The third-order valence-electron chi connectivity index (χ3n) is 6.28. The zero-order valence-corrected chi connectivity index (χ0v) is 22.4. The molecule has 0 saturated heterocycles. The third-order valence-corrected chi connectivity index (χ3v) is 8.77. The minimum Gasteiger partial charge on any atom is -0.383 e. The van der Waals surface area contributed by atoms with E-state index in [0.29, 0.717) is 17.5 Å². The minimum absolute atomic E-state index is 0.203. The molecule has 1 aliphatic heterocycles. The quantitative estimate of drug-likeness (QED) is 0.406. The van der Waals surface area contributed by atoms with E-state index in [0.717, 1.165) is 44.8 Å². The van der Waals surface area contributed by atoms with E-state index >= 15 is 0 Å². The lowest BCUT2D eigenvalue weighted by atomic mass is 10.0. The summed E-state index contributed by atoms with van der Waals surface area (Å²) in [6.45, 7) is 7.00. The molecule has 2 heterocycles. The largest absolute Gasteiger partial charge is 0.383 e. The molecule has 192 valence electrons. The molecule has 36 heavy (non-hydrogen) atoms. The number of anilines is 4. The maximum Gasteiger partial charge on any atom is 0.229 e. The normalized spacial score (nSPS) is 14.4. The van der Waals surface area contributed by atoms with Crippen molar-refractivity contribution in [2.45, 2.75) is 36.8 Å². The van der Waals surface area contributed by atoms with Crippen molar-refractivity contribution in [2.75, 3.05) is 44.0 Å². The molecular weight excluding hydrogens is 498 g/mol. The van der Waals surface area contributed by atoms with Crippen LogP contribution in [0.15, 0.2) is 53.6 Å². The van der Waals surface area contributed by atoms with E-state index in [1.165, 1.54) is 17.3 Å². The van der Waals surface area contributed by atoms with Gasteiger partial charge in [-0.3, -0.25) is 0 Å². The number of aromatic nitrogens is 2. The standard InChI is InChI=1S/C26H32ClN5O3S/c1-18(2)36(33,34)24-7-5-4-6-23(24)30-25-22(27)17-28-26(31-25)29-21-9-8-19-10-12-32(14-15-35-3)13-11-20(19)16-21/h4-9,16-18H,10-15H2,1-3H3,(H2,28,29,30,31). The highest BCUT2D eigenvalue weighted by atomic mass is 35.5. The molecule has 0 aliphatic carbocycles. The van der Waals surface area contributed by atoms with Crippen LogP contribution in [0.2, 0.25) is 5.02 Å². The van der Waals surface area contributed by atoms with Gasteiger partial charge in [0, 0.05) is 32.4 Å². The van der Waals surface area contributed by atoms with Crippen LogP contribution in [-0.2, 0) is 27.4 Å². The maximum absolute atomic E-state index is 12.8. The summed E-state index contributed by atoms with van der Waals surface area (Å²) in [5.41, 5.74) is 3.96. The van der Waals surface area contributed by atoms with Crippen molar-refractivity contribution in [1.29, 1.82) is 0 Å². The fourth-order valence-electron chi connectivity index (χ4n) is 4.14. The number of rotatable bonds is 9. The molecule has 0 unspecified atom stereocenters. The Bertz CT molecular complexity index is 1320. The molecule has 1 aliphatic rings. The highest BCUT2D eigenvalue weighted by molar-refractivity contribution is 7.92. The van der Waals surface area contributed by atoms with Gasteiger partial charge in [0.2, 0.25) is 5.95 Å². The van der Waals surface area contributed by atoms with E-state index in [1.54, 1.807) is 45.2 Å². The van der Waals surface area contributed by atoms with Crippen molar-refractivity contribution >= 4 is 44.6 Å². The SMILES string of the molecule is COCCN1CCc2ccc(Nc3ncc(Cl)c(Nc4ccccc4S(=O)(=O)C(C)C)n3)cc2CC1. The average molecular weight is 530 g/mol. The van der Waals surface area contributed by atoms with Crippen LogP contribution >= 0.6 is 11.6 Å². The molecule has 0 spiro atoms. The molecule has 4 rings (SSSR count). The van der Waals surface area contributed by atoms with Gasteiger partial charge in [0.05, 0.1) is 28.6 Å². The summed E-state index contributed by atoms with van der Waals surface area (Å²) in [5.74, 6) is 0.686. The first-order valence-electron chi connectivity index (χ1n) is 12.0. The molecule has 1 aromatic heterocycles. The summed E-state index contributed by atoms with van der Waals surface area (Å²) in [6.07, 6.45) is 3.46. The number of sulfone groups is 1. The van der Waals surface area contributed by atoms with Gasteiger partial charge >= 0.3 is 0 Å². The van der Waals surface area contributed by atoms with E-state index in [9.17, 15) is 8.42 Å². The predicted octanol–water partition coefficient (Wildman–Crippen LogP) is 4.85. The van der Waals surface area contributed by atoms with Crippen molar-refractivity contribution in [1.82, 2.24) is 14.9 Å². The van der Waals surface area contributed by atoms with E-state index < -0.39 is 15.1 Å². The first kappa shape index (κ1) is 26.3. The molecule has 3 aromatic rings. The molecule has 0 amide bonds. The van der Waals surface area contributed by atoms with Crippen LogP contribution < -0.4 is 10.6 Å². The summed E-state index contributed by atoms with van der Waals surface area (Å²) in [7, 11) is -1.76. The number of methoxy groups -OCH3 is 1. The van der Waals surface area contributed by atoms with E-state index in [4.69, 9.17) is 16.3 Å². The average Bonchev–Trinajstić information content (AvgIpc) is 3.07. The van der Waals surface area contributed by atoms with Gasteiger partial charge in [-0.05, 0) is 62.1 Å². The lowest BCUT2D eigenvalue weighted by molar-refractivity contribution is 0.150. The fourth-order valence-corrected chi connectivity index (χ4v) is 5.48. The van der Waals surface area contributed by atoms with E-state index in [1.807, 2.05) is 6.07 Å². The second-order valence-electron chi connectivity index (χ2n) is 9.05. The molecule has 0 bridgehead atoms. The topological polar surface area (TPSA) is 96.5 Å². The van der Waals surface area contributed by atoms with Crippen molar-refractivity contribution in [3.8, 4) is 0 Å². The molecule has 2 N–H and O–H groups in total. The number of benzene rings is 2. The lowest BCUT2D eigenvalue weighted by Crippen LogP contribution is -2.29. The number of nitrogens with one attached hydrogen (secondary N) is 2. The van der Waals surface area contributed by atoms with Gasteiger partial charge in [0.1, 0.15) is 5.02 Å². The fraction of sp³-hybridized carbons (Fsp3) is 0.385. The summed E-state index contributed by atoms with van der Waals surface area (Å²) in [5, 5.41) is 6.08. The van der Waals surface area contributed by atoms with Crippen LogP contribution in [0.1, 0.15) is 25.0 Å². The number of halogens is 1. The van der Waals surface area contributed by atoms with Gasteiger partial charge in [-0.2, -0.15) is 4.98 Å². The van der Waals surface area contributed by atoms with Crippen molar-refractivity contribution in [2.24, 2.45) is 0 Å². The Hall–Kier alpha value is -2.72. The second-order valence-corrected chi connectivity index (χ2v) is 11.9. The van der Waals surface area contributed by atoms with Crippen LogP contribution in [0.5, 0.6) is 0 Å². The van der Waals surface area contributed by atoms with E-state index in [-0.39, 0.29) is 9.92 Å². The first-order valence-corrected chi connectivity index (χ1v) is 13.9. The van der Waals surface area contributed by atoms with Crippen molar-refractivity contribution < 1.29 is 13.2 Å². The Kier molecular flexibility index (Phi) is 8.46. The van der Waals surface area contributed by atoms with Crippen LogP contribution in [0.25, 0.3) is 0 Å². The molecule has 0 fully saturated rings. The Morgan fingerprint density at radius 2 is 1.83 bits per heavy atom. The first-order chi connectivity index (χ1) is 17.3. The highest BCUT2D eigenvalue weighted by Gasteiger charge is 2.23. The number of ether oxygens (including phenoxy) is 1. The minimum atomic E-state index is -3.50. The number of nitrogens with zero attached hydrogens (tertiary/aromatic N) is 3. The highest BCUT2D eigenvalue weighted by Crippen LogP contribution is 2.31. The monoisotopic (exact) mass is 529 g/mol. The van der Waals surface area contributed by atoms with Crippen molar-refractivity contribution in [3.05, 3.63) is 64.8 Å². The van der Waals surface area contributed by atoms with Gasteiger partial charge in [-0.25, -0.2) is 13.4 Å². The molecule has 0 saturated carbocycles. The summed E-state index contributed by atoms with van der Waals surface area (Å²) in [6, 6.07) is 13.1. The second kappa shape index (κ2) is 11.6. The van der Waals surface area contributed by atoms with E-state index in [2.05, 4.69) is 37.6 Å². The number of hydrogen-bond acceptors (Lipinski definition) is 8. The summed E-state index contributed by atoms with van der Waals surface area (Å²) in [4.78, 5) is 11.5. The number of para-hydroxylation sites is 1. The van der Waals surface area contributed by atoms with Gasteiger partial charge in [-0.15, -0.1) is 0 Å². The Balaban J connectivity index is 1.53. The predicted molar refractivity (Wildman–Crippen MR) is 145 cm³/mol. The molecule has 0 atom stereocenters. The molecule has 0 radical (unpaired) electrons. The van der Waals surface area contributed by atoms with Crippen LogP contribution in [0, 0.1) is 0 Å². The summed E-state index contributed by atoms with van der Waals surface area (Å²) >= 11 is 6.36. The smallest absolute Gasteiger partial charge is 0.229 e. The van der Waals surface area contributed by atoms with Crippen LogP contribution in [-0.4, -0.2) is 61.9 Å². The Morgan fingerprint density at radius 3 is 2.58 bits per heavy atom. The molecule has 10 heteroatoms. The maximum atomic E-state index is 12.8. The van der Waals surface area contributed by atoms with Crippen molar-refractivity contribution in [3.63, 3.8) is 0 Å². The third kappa shape index (κ3) is 6.15. The summed E-state index contributed by atoms with van der Waals surface area (Å²) < 4.78 is 30.9.